The molecule has 0 radical (unpaired) electrons. The summed E-state index contributed by atoms with van der Waals surface area (Å²) in [5.74, 6) is 0.261. The summed E-state index contributed by atoms with van der Waals surface area (Å²) < 4.78 is 0. The van der Waals surface area contributed by atoms with E-state index < -0.39 is 0 Å². The molecule has 0 aromatic carbocycles. The molecule has 2 heteroatoms. The molecule has 0 heterocycles. The van der Waals surface area contributed by atoms with Crippen molar-refractivity contribution in [3.8, 4) is 0 Å². The summed E-state index contributed by atoms with van der Waals surface area (Å²) >= 11 is 0. The average Bonchev–Trinajstić information content (AvgIpc) is 2.38. The first-order chi connectivity index (χ1) is 8.22. The minimum atomic E-state index is 0.261. The van der Waals surface area contributed by atoms with Gasteiger partial charge < -0.3 is 5.32 Å². The zero-order valence-electron chi connectivity index (χ0n) is 11.7. The van der Waals surface area contributed by atoms with Crippen molar-refractivity contribution < 1.29 is 4.79 Å². The van der Waals surface area contributed by atoms with Gasteiger partial charge in [0.15, 0.2) is 0 Å². The van der Waals surface area contributed by atoms with Crippen LogP contribution in [0.3, 0.4) is 0 Å². The summed E-state index contributed by atoms with van der Waals surface area (Å²) in [5.41, 5.74) is 0.415. The van der Waals surface area contributed by atoms with Gasteiger partial charge in [-0.2, -0.15) is 0 Å². The maximum Gasteiger partial charge on any atom is 0.220 e. The molecule has 1 rings (SSSR count). The van der Waals surface area contributed by atoms with Crippen LogP contribution in [0.1, 0.15) is 78.1 Å². The molecule has 2 nitrogen and oxygen atoms in total. The Labute approximate surface area is 107 Å². The number of hydrogen-bond donors (Lipinski definition) is 1. The van der Waals surface area contributed by atoms with Gasteiger partial charge in [-0.15, -0.1) is 0 Å². The Morgan fingerprint density at radius 1 is 1.12 bits per heavy atom. The van der Waals surface area contributed by atoms with Crippen molar-refractivity contribution in [1.82, 2.24) is 5.32 Å². The Balaban J connectivity index is 2.24. The summed E-state index contributed by atoms with van der Waals surface area (Å²) in [5, 5.41) is 3.16. The van der Waals surface area contributed by atoms with Crippen molar-refractivity contribution in [1.29, 1.82) is 0 Å². The molecule has 0 unspecified atom stereocenters. The molecule has 100 valence electrons. The van der Waals surface area contributed by atoms with Crippen molar-refractivity contribution in [2.24, 2.45) is 5.41 Å². The Morgan fingerprint density at radius 3 is 2.41 bits per heavy atom. The first kappa shape index (κ1) is 14.5. The third-order valence-electron chi connectivity index (χ3n) is 4.33. The molecule has 0 atom stereocenters. The van der Waals surface area contributed by atoms with Crippen molar-refractivity contribution in [3.05, 3.63) is 0 Å². The molecule has 1 fully saturated rings. The number of hydrogen-bond acceptors (Lipinski definition) is 1. The molecule has 0 spiro atoms. The van der Waals surface area contributed by atoms with Crippen molar-refractivity contribution in [2.75, 3.05) is 6.54 Å². The van der Waals surface area contributed by atoms with Crippen LogP contribution in [0.5, 0.6) is 0 Å². The van der Waals surface area contributed by atoms with Gasteiger partial charge in [-0.3, -0.25) is 4.79 Å². The number of carbonyl (C=O) groups is 1. The lowest BCUT2D eigenvalue weighted by molar-refractivity contribution is -0.121. The number of amides is 1. The van der Waals surface area contributed by atoms with Gasteiger partial charge in [0.2, 0.25) is 5.91 Å². The summed E-state index contributed by atoms with van der Waals surface area (Å²) in [6.07, 6.45) is 12.0. The minimum Gasteiger partial charge on any atom is -0.356 e. The van der Waals surface area contributed by atoms with Crippen LogP contribution in [0.25, 0.3) is 0 Å². The van der Waals surface area contributed by atoms with Gasteiger partial charge in [-0.1, -0.05) is 46.0 Å². The lowest BCUT2D eigenvalue weighted by Gasteiger charge is -2.36. The Hall–Kier alpha value is -0.530. The van der Waals surface area contributed by atoms with E-state index in [2.05, 4.69) is 19.2 Å². The van der Waals surface area contributed by atoms with Crippen LogP contribution in [0.2, 0.25) is 0 Å². The molecule has 1 amide bonds. The second-order valence-corrected chi connectivity index (χ2v) is 5.65. The Morgan fingerprint density at radius 2 is 1.82 bits per heavy atom. The molecular formula is C15H29NO. The summed E-state index contributed by atoms with van der Waals surface area (Å²) in [6.45, 7) is 5.36. The van der Waals surface area contributed by atoms with Crippen LogP contribution >= 0.6 is 0 Å². The van der Waals surface area contributed by atoms with Gasteiger partial charge in [0.25, 0.3) is 0 Å². The predicted octanol–water partition coefficient (Wildman–Crippen LogP) is 4.04. The fourth-order valence-corrected chi connectivity index (χ4v) is 2.87. The third-order valence-corrected chi connectivity index (χ3v) is 4.33. The molecule has 1 saturated carbocycles. The number of nitrogens with one attached hydrogen (secondary N) is 1. The SMILES string of the molecule is CCCCCC(=O)NCC1(CC)CCCCC1. The van der Waals surface area contributed by atoms with E-state index in [1.54, 1.807) is 0 Å². The lowest BCUT2D eigenvalue weighted by atomic mass is 9.72. The van der Waals surface area contributed by atoms with Crippen LogP contribution in [0.4, 0.5) is 0 Å². The number of rotatable bonds is 7. The number of unbranched alkanes of at least 4 members (excludes halogenated alkanes) is 2. The smallest absolute Gasteiger partial charge is 0.220 e. The molecule has 0 bridgehead atoms. The molecule has 1 aliphatic carbocycles. The fourth-order valence-electron chi connectivity index (χ4n) is 2.87. The summed E-state index contributed by atoms with van der Waals surface area (Å²) in [7, 11) is 0. The van der Waals surface area contributed by atoms with Crippen molar-refractivity contribution in [3.63, 3.8) is 0 Å². The van der Waals surface area contributed by atoms with Crippen LogP contribution in [-0.2, 0) is 4.79 Å². The highest BCUT2D eigenvalue weighted by atomic mass is 16.1. The second kappa shape index (κ2) is 7.73. The molecule has 17 heavy (non-hydrogen) atoms. The third kappa shape index (κ3) is 5.10. The summed E-state index contributed by atoms with van der Waals surface area (Å²) in [4.78, 5) is 11.7. The van der Waals surface area contributed by atoms with Gasteiger partial charge in [0.05, 0.1) is 0 Å². The summed E-state index contributed by atoms with van der Waals surface area (Å²) in [6, 6.07) is 0. The molecule has 0 aromatic heterocycles. The van der Waals surface area contributed by atoms with Gasteiger partial charge in [0, 0.05) is 13.0 Å². The molecule has 1 N–H and O–H groups in total. The quantitative estimate of drug-likeness (QED) is 0.667. The average molecular weight is 239 g/mol. The van der Waals surface area contributed by atoms with E-state index in [0.29, 0.717) is 11.8 Å². The second-order valence-electron chi connectivity index (χ2n) is 5.65. The van der Waals surface area contributed by atoms with E-state index in [9.17, 15) is 4.79 Å². The topological polar surface area (TPSA) is 29.1 Å². The standard InChI is InChI=1S/C15H29NO/c1-3-5-7-10-14(17)16-13-15(4-2)11-8-6-9-12-15/h3-13H2,1-2H3,(H,16,17). The van der Waals surface area contributed by atoms with Crippen LogP contribution in [0.15, 0.2) is 0 Å². The highest BCUT2D eigenvalue weighted by Gasteiger charge is 2.30. The minimum absolute atomic E-state index is 0.261. The lowest BCUT2D eigenvalue weighted by Crippen LogP contribution is -2.38. The molecule has 0 saturated heterocycles. The predicted molar refractivity (Wildman–Crippen MR) is 73.0 cm³/mol. The van der Waals surface area contributed by atoms with E-state index in [-0.39, 0.29) is 5.91 Å². The van der Waals surface area contributed by atoms with E-state index in [1.165, 1.54) is 51.4 Å². The van der Waals surface area contributed by atoms with Crippen LogP contribution < -0.4 is 5.32 Å². The molecular weight excluding hydrogens is 210 g/mol. The fraction of sp³-hybridized carbons (Fsp3) is 0.933. The molecule has 0 aliphatic heterocycles. The van der Waals surface area contributed by atoms with E-state index in [0.717, 1.165) is 13.0 Å². The van der Waals surface area contributed by atoms with Gasteiger partial charge in [-0.25, -0.2) is 0 Å². The monoisotopic (exact) mass is 239 g/mol. The van der Waals surface area contributed by atoms with Crippen LogP contribution in [0, 0.1) is 5.41 Å². The highest BCUT2D eigenvalue weighted by Crippen LogP contribution is 2.38. The first-order valence-electron chi connectivity index (χ1n) is 7.49. The zero-order valence-corrected chi connectivity index (χ0v) is 11.7. The maximum atomic E-state index is 11.7. The zero-order chi connectivity index (χ0) is 12.6. The highest BCUT2D eigenvalue weighted by molar-refractivity contribution is 5.75. The maximum absolute atomic E-state index is 11.7. The first-order valence-corrected chi connectivity index (χ1v) is 7.49. The van der Waals surface area contributed by atoms with E-state index >= 15 is 0 Å². The Kier molecular flexibility index (Phi) is 6.61. The van der Waals surface area contributed by atoms with Gasteiger partial charge in [-0.05, 0) is 31.1 Å². The van der Waals surface area contributed by atoms with Gasteiger partial charge >= 0.3 is 0 Å². The Bertz CT molecular complexity index is 219. The van der Waals surface area contributed by atoms with E-state index in [4.69, 9.17) is 0 Å². The normalized spacial score (nSPS) is 18.9. The van der Waals surface area contributed by atoms with Crippen molar-refractivity contribution >= 4 is 5.91 Å². The van der Waals surface area contributed by atoms with E-state index in [1.807, 2.05) is 0 Å². The van der Waals surface area contributed by atoms with Crippen molar-refractivity contribution in [2.45, 2.75) is 78.1 Å². The number of carbonyl (C=O) groups excluding carboxylic acids is 1. The molecule has 0 aromatic rings. The van der Waals surface area contributed by atoms with Gasteiger partial charge in [0.1, 0.15) is 0 Å². The molecule has 1 aliphatic rings. The van der Waals surface area contributed by atoms with Crippen LogP contribution in [-0.4, -0.2) is 12.5 Å². The largest absolute Gasteiger partial charge is 0.356 e.